The van der Waals surface area contributed by atoms with E-state index in [4.69, 9.17) is 9.47 Å². The maximum Gasteiger partial charge on any atom is 0.315 e. The van der Waals surface area contributed by atoms with Crippen LogP contribution in [0.25, 0.3) is 0 Å². The number of nitrogens with one attached hydrogen (secondary N) is 2. The van der Waals surface area contributed by atoms with Crippen LogP contribution >= 0.6 is 0 Å². The number of fused-ring (bicyclic) bond motifs is 1. The molecule has 3 amide bonds. The minimum atomic E-state index is -0.272. The minimum absolute atomic E-state index is 0.0843. The van der Waals surface area contributed by atoms with Crippen LogP contribution in [-0.2, 0) is 11.3 Å². The second-order valence-corrected chi connectivity index (χ2v) is 6.06. The summed E-state index contributed by atoms with van der Waals surface area (Å²) in [6.07, 6.45) is 0.357. The molecule has 1 aromatic carbocycles. The minimum Gasteiger partial charge on any atom is -0.454 e. The number of urea groups is 1. The van der Waals surface area contributed by atoms with Crippen molar-refractivity contribution in [1.29, 1.82) is 0 Å². The predicted octanol–water partition coefficient (Wildman–Crippen LogP) is 1.22. The lowest BCUT2D eigenvalue weighted by Crippen LogP contribution is -2.43. The Kier molecular flexibility index (Phi) is 4.27. The Morgan fingerprint density at radius 3 is 2.87 bits per heavy atom. The molecule has 1 fully saturated rings. The van der Waals surface area contributed by atoms with Gasteiger partial charge in [0, 0.05) is 25.6 Å². The highest BCUT2D eigenvalue weighted by Crippen LogP contribution is 2.32. The van der Waals surface area contributed by atoms with Crippen LogP contribution in [0, 0.1) is 0 Å². The number of rotatable bonds is 4. The number of hydrogen-bond donors (Lipinski definition) is 2. The summed E-state index contributed by atoms with van der Waals surface area (Å²) in [6, 6.07) is 5.31. The Labute approximate surface area is 134 Å². The number of amides is 3. The average Bonchev–Trinajstić information content (AvgIpc) is 3.10. The average molecular weight is 319 g/mol. The standard InChI is InChI=1S/C16H21N3O4/c1-10(2)19-8-12(6-15(19)20)18-16(21)17-7-11-3-4-13-14(5-11)23-9-22-13/h3-5,10,12H,6-9H2,1-2H3,(H2,17,18,21). The van der Waals surface area contributed by atoms with Crippen molar-refractivity contribution in [2.45, 2.75) is 38.9 Å². The van der Waals surface area contributed by atoms with Gasteiger partial charge in [0.1, 0.15) is 0 Å². The van der Waals surface area contributed by atoms with Gasteiger partial charge in [-0.2, -0.15) is 0 Å². The third-order valence-electron chi connectivity index (χ3n) is 4.01. The molecule has 7 heteroatoms. The maximum absolute atomic E-state index is 12.0. The lowest BCUT2D eigenvalue weighted by Gasteiger charge is -2.21. The monoisotopic (exact) mass is 319 g/mol. The van der Waals surface area contributed by atoms with E-state index in [-0.39, 0.29) is 30.8 Å². The molecular formula is C16H21N3O4. The molecule has 2 aliphatic rings. The van der Waals surface area contributed by atoms with Crippen molar-refractivity contribution in [1.82, 2.24) is 15.5 Å². The number of hydrogen-bond acceptors (Lipinski definition) is 4. The van der Waals surface area contributed by atoms with Gasteiger partial charge in [0.25, 0.3) is 0 Å². The zero-order valence-corrected chi connectivity index (χ0v) is 13.3. The van der Waals surface area contributed by atoms with E-state index in [0.29, 0.717) is 25.3 Å². The number of carbonyl (C=O) groups is 2. The zero-order chi connectivity index (χ0) is 16.4. The predicted molar refractivity (Wildman–Crippen MR) is 83.2 cm³/mol. The third kappa shape index (κ3) is 3.49. The van der Waals surface area contributed by atoms with Gasteiger partial charge >= 0.3 is 6.03 Å². The van der Waals surface area contributed by atoms with E-state index in [2.05, 4.69) is 10.6 Å². The largest absolute Gasteiger partial charge is 0.454 e. The van der Waals surface area contributed by atoms with Crippen molar-refractivity contribution in [2.24, 2.45) is 0 Å². The summed E-state index contributed by atoms with van der Waals surface area (Å²) >= 11 is 0. The normalized spacial score (nSPS) is 19.3. The van der Waals surface area contributed by atoms with E-state index in [0.717, 1.165) is 11.3 Å². The van der Waals surface area contributed by atoms with Crippen LogP contribution in [0.4, 0.5) is 4.79 Å². The maximum atomic E-state index is 12.0. The Balaban J connectivity index is 1.48. The molecule has 124 valence electrons. The van der Waals surface area contributed by atoms with Crippen LogP contribution < -0.4 is 20.1 Å². The number of benzene rings is 1. The fourth-order valence-corrected chi connectivity index (χ4v) is 2.80. The lowest BCUT2D eigenvalue weighted by atomic mass is 10.2. The van der Waals surface area contributed by atoms with Crippen molar-refractivity contribution < 1.29 is 19.1 Å². The van der Waals surface area contributed by atoms with Gasteiger partial charge < -0.3 is 25.0 Å². The highest BCUT2D eigenvalue weighted by atomic mass is 16.7. The number of carbonyl (C=O) groups excluding carboxylic acids is 2. The van der Waals surface area contributed by atoms with Gasteiger partial charge in [0.15, 0.2) is 11.5 Å². The van der Waals surface area contributed by atoms with Gasteiger partial charge in [-0.25, -0.2) is 4.79 Å². The molecule has 1 saturated heterocycles. The van der Waals surface area contributed by atoms with Crippen molar-refractivity contribution >= 4 is 11.9 Å². The van der Waals surface area contributed by atoms with E-state index in [9.17, 15) is 9.59 Å². The van der Waals surface area contributed by atoms with Crippen LogP contribution in [-0.4, -0.2) is 42.3 Å². The molecule has 0 radical (unpaired) electrons. The van der Waals surface area contributed by atoms with E-state index < -0.39 is 0 Å². The molecule has 1 unspecified atom stereocenters. The van der Waals surface area contributed by atoms with Crippen LogP contribution in [0.15, 0.2) is 18.2 Å². The molecule has 2 N–H and O–H groups in total. The summed E-state index contributed by atoms with van der Waals surface area (Å²) in [5, 5.41) is 5.65. The topological polar surface area (TPSA) is 79.9 Å². The van der Waals surface area contributed by atoms with Gasteiger partial charge in [-0.3, -0.25) is 4.79 Å². The fraction of sp³-hybridized carbons (Fsp3) is 0.500. The van der Waals surface area contributed by atoms with Crippen molar-refractivity contribution in [3.05, 3.63) is 23.8 Å². The zero-order valence-electron chi connectivity index (χ0n) is 13.3. The molecule has 3 rings (SSSR count). The highest BCUT2D eigenvalue weighted by Gasteiger charge is 2.31. The summed E-state index contributed by atoms with van der Waals surface area (Å²) in [6.45, 7) is 5.12. The summed E-state index contributed by atoms with van der Waals surface area (Å²) in [7, 11) is 0. The van der Waals surface area contributed by atoms with Gasteiger partial charge in [-0.05, 0) is 31.5 Å². The SMILES string of the molecule is CC(C)N1CC(NC(=O)NCc2ccc3c(c2)OCO3)CC1=O. The van der Waals surface area contributed by atoms with Crippen molar-refractivity contribution in [3.8, 4) is 11.5 Å². The number of likely N-dealkylation sites (tertiary alicyclic amines) is 1. The molecule has 0 bridgehead atoms. The van der Waals surface area contributed by atoms with E-state index >= 15 is 0 Å². The molecular weight excluding hydrogens is 298 g/mol. The second kappa shape index (κ2) is 6.36. The van der Waals surface area contributed by atoms with Gasteiger partial charge in [0.2, 0.25) is 12.7 Å². The first-order chi connectivity index (χ1) is 11.0. The van der Waals surface area contributed by atoms with Crippen LogP contribution in [0.5, 0.6) is 11.5 Å². The van der Waals surface area contributed by atoms with E-state index in [1.54, 1.807) is 4.90 Å². The van der Waals surface area contributed by atoms with Crippen LogP contribution in [0.1, 0.15) is 25.8 Å². The summed E-state index contributed by atoms with van der Waals surface area (Å²) in [5.41, 5.74) is 0.927. The van der Waals surface area contributed by atoms with Crippen molar-refractivity contribution in [3.63, 3.8) is 0 Å². The first kappa shape index (κ1) is 15.5. The second-order valence-electron chi connectivity index (χ2n) is 6.06. The lowest BCUT2D eigenvalue weighted by molar-refractivity contribution is -0.129. The molecule has 0 aromatic heterocycles. The van der Waals surface area contributed by atoms with Gasteiger partial charge in [-0.15, -0.1) is 0 Å². The van der Waals surface area contributed by atoms with Crippen LogP contribution in [0.2, 0.25) is 0 Å². The summed E-state index contributed by atoms with van der Waals surface area (Å²) in [4.78, 5) is 25.6. The Bertz CT molecular complexity index is 617. The Morgan fingerprint density at radius 2 is 2.13 bits per heavy atom. The van der Waals surface area contributed by atoms with Crippen molar-refractivity contribution in [2.75, 3.05) is 13.3 Å². The molecule has 1 aromatic rings. The molecule has 23 heavy (non-hydrogen) atoms. The molecule has 7 nitrogen and oxygen atoms in total. The summed E-state index contributed by atoms with van der Waals surface area (Å²) < 4.78 is 10.6. The summed E-state index contributed by atoms with van der Waals surface area (Å²) in [5.74, 6) is 1.50. The van der Waals surface area contributed by atoms with E-state index in [1.165, 1.54) is 0 Å². The van der Waals surface area contributed by atoms with Crippen LogP contribution in [0.3, 0.4) is 0 Å². The smallest absolute Gasteiger partial charge is 0.315 e. The molecule has 1 atom stereocenters. The Hall–Kier alpha value is -2.44. The molecule has 2 aliphatic heterocycles. The fourth-order valence-electron chi connectivity index (χ4n) is 2.80. The number of ether oxygens (including phenoxy) is 2. The van der Waals surface area contributed by atoms with Gasteiger partial charge in [-0.1, -0.05) is 6.07 Å². The molecule has 0 aliphatic carbocycles. The van der Waals surface area contributed by atoms with Gasteiger partial charge in [0.05, 0.1) is 6.04 Å². The number of nitrogens with zero attached hydrogens (tertiary/aromatic N) is 1. The first-order valence-electron chi connectivity index (χ1n) is 7.75. The quantitative estimate of drug-likeness (QED) is 0.874. The molecule has 0 saturated carbocycles. The van der Waals surface area contributed by atoms with E-state index in [1.807, 2.05) is 32.0 Å². The Morgan fingerprint density at radius 1 is 1.35 bits per heavy atom. The third-order valence-corrected chi connectivity index (χ3v) is 4.01. The molecule has 2 heterocycles. The first-order valence-corrected chi connectivity index (χ1v) is 7.75. The molecule has 0 spiro atoms. The highest BCUT2D eigenvalue weighted by molar-refractivity contribution is 5.81.